The molecule has 0 radical (unpaired) electrons. The summed E-state index contributed by atoms with van der Waals surface area (Å²) in [5, 5.41) is 1.10. The first kappa shape index (κ1) is 9.55. The quantitative estimate of drug-likeness (QED) is 0.602. The third kappa shape index (κ3) is 1.61. The number of para-hydroxylation sites is 1. The minimum atomic E-state index is 1.09. The van der Waals surface area contributed by atoms with E-state index in [1.807, 2.05) is 6.07 Å². The van der Waals surface area contributed by atoms with Gasteiger partial charge in [0.2, 0.25) is 0 Å². The molecule has 0 amide bonds. The first-order valence-corrected chi connectivity index (χ1v) is 6.07. The smallest absolute Gasteiger partial charge is 0.124 e. The Hall–Kier alpha value is -1.67. The number of nitrogens with zero attached hydrogens (tertiary/aromatic N) is 1. The van der Waals surface area contributed by atoms with Gasteiger partial charge in [0.15, 0.2) is 0 Å². The molecule has 3 aromatic rings. The molecule has 0 saturated carbocycles. The van der Waals surface area contributed by atoms with Crippen LogP contribution < -0.4 is 0 Å². The molecule has 2 aromatic carbocycles. The van der Waals surface area contributed by atoms with Gasteiger partial charge in [-0.25, -0.2) is 4.98 Å². The van der Waals surface area contributed by atoms with Crippen LogP contribution in [0.4, 0.5) is 0 Å². The van der Waals surface area contributed by atoms with Gasteiger partial charge in [0, 0.05) is 5.56 Å². The van der Waals surface area contributed by atoms with Crippen molar-refractivity contribution < 1.29 is 0 Å². The molecule has 78 valence electrons. The fraction of sp³-hybridized carbons (Fsp3) is 0.0714. The van der Waals surface area contributed by atoms with Crippen molar-refractivity contribution in [3.05, 3.63) is 54.1 Å². The zero-order valence-corrected chi connectivity index (χ0v) is 9.79. The molecule has 0 aliphatic rings. The molecule has 2 heteroatoms. The highest BCUT2D eigenvalue weighted by atomic mass is 32.1. The normalized spacial score (nSPS) is 10.8. The molecular formula is C14H11NS. The van der Waals surface area contributed by atoms with Crippen molar-refractivity contribution in [2.75, 3.05) is 0 Å². The predicted octanol–water partition coefficient (Wildman–Crippen LogP) is 4.27. The number of benzene rings is 2. The molecule has 1 aromatic heterocycles. The SMILES string of the molecule is Cc1cccc(-c2nc3ccccc3s2)c1. The van der Waals surface area contributed by atoms with Gasteiger partial charge < -0.3 is 0 Å². The molecule has 0 saturated heterocycles. The Bertz CT molecular complexity index is 607. The molecule has 1 heterocycles. The number of hydrogen-bond donors (Lipinski definition) is 0. The standard InChI is InChI=1S/C14H11NS/c1-10-5-4-6-11(9-10)14-15-12-7-2-3-8-13(12)16-14/h2-9H,1H3. The van der Waals surface area contributed by atoms with Crippen LogP contribution >= 0.6 is 11.3 Å². The number of fused-ring (bicyclic) bond motifs is 1. The van der Waals surface area contributed by atoms with Crippen LogP contribution in [0.3, 0.4) is 0 Å². The van der Waals surface area contributed by atoms with Crippen molar-refractivity contribution in [2.24, 2.45) is 0 Å². The van der Waals surface area contributed by atoms with Crippen LogP contribution in [0.2, 0.25) is 0 Å². The minimum Gasteiger partial charge on any atom is -0.236 e. The van der Waals surface area contributed by atoms with E-state index >= 15 is 0 Å². The third-order valence-electron chi connectivity index (χ3n) is 2.56. The fourth-order valence-corrected chi connectivity index (χ4v) is 2.74. The van der Waals surface area contributed by atoms with Crippen LogP contribution in [-0.4, -0.2) is 4.98 Å². The Morgan fingerprint density at radius 1 is 1.00 bits per heavy atom. The highest BCUT2D eigenvalue weighted by Crippen LogP contribution is 2.30. The van der Waals surface area contributed by atoms with Gasteiger partial charge in [-0.2, -0.15) is 0 Å². The molecule has 0 spiro atoms. The van der Waals surface area contributed by atoms with E-state index in [1.54, 1.807) is 11.3 Å². The average molecular weight is 225 g/mol. The van der Waals surface area contributed by atoms with E-state index in [0.717, 1.165) is 10.5 Å². The summed E-state index contributed by atoms with van der Waals surface area (Å²) in [5.41, 5.74) is 3.57. The number of hydrogen-bond acceptors (Lipinski definition) is 2. The van der Waals surface area contributed by atoms with Gasteiger partial charge in [-0.3, -0.25) is 0 Å². The van der Waals surface area contributed by atoms with Crippen LogP contribution in [-0.2, 0) is 0 Å². The molecule has 3 rings (SSSR count). The van der Waals surface area contributed by atoms with Crippen molar-refractivity contribution in [3.63, 3.8) is 0 Å². The van der Waals surface area contributed by atoms with Crippen molar-refractivity contribution in [2.45, 2.75) is 6.92 Å². The predicted molar refractivity (Wildman–Crippen MR) is 69.8 cm³/mol. The fourth-order valence-electron chi connectivity index (χ4n) is 1.77. The van der Waals surface area contributed by atoms with E-state index in [2.05, 4.69) is 54.4 Å². The lowest BCUT2D eigenvalue weighted by Gasteiger charge is -1.96. The first-order valence-electron chi connectivity index (χ1n) is 5.25. The molecule has 0 unspecified atom stereocenters. The van der Waals surface area contributed by atoms with E-state index in [0.29, 0.717) is 0 Å². The van der Waals surface area contributed by atoms with Crippen LogP contribution in [0.15, 0.2) is 48.5 Å². The highest BCUT2D eigenvalue weighted by Gasteiger charge is 2.04. The molecule has 0 aliphatic heterocycles. The van der Waals surface area contributed by atoms with Crippen LogP contribution in [0.25, 0.3) is 20.8 Å². The third-order valence-corrected chi connectivity index (χ3v) is 3.64. The summed E-state index contributed by atoms with van der Waals surface area (Å²) in [4.78, 5) is 4.64. The monoisotopic (exact) mass is 225 g/mol. The largest absolute Gasteiger partial charge is 0.236 e. The van der Waals surface area contributed by atoms with Crippen molar-refractivity contribution in [1.82, 2.24) is 4.98 Å². The molecule has 0 atom stereocenters. The van der Waals surface area contributed by atoms with Gasteiger partial charge in [0.1, 0.15) is 5.01 Å². The Kier molecular flexibility index (Phi) is 2.22. The second-order valence-corrected chi connectivity index (χ2v) is 4.89. The second kappa shape index (κ2) is 3.72. The molecule has 1 nitrogen and oxygen atoms in total. The Morgan fingerprint density at radius 2 is 1.88 bits per heavy atom. The zero-order valence-electron chi connectivity index (χ0n) is 8.97. The maximum absolute atomic E-state index is 4.64. The number of aryl methyl sites for hydroxylation is 1. The van der Waals surface area contributed by atoms with Crippen molar-refractivity contribution >= 4 is 21.6 Å². The number of rotatable bonds is 1. The first-order chi connectivity index (χ1) is 7.83. The van der Waals surface area contributed by atoms with Gasteiger partial charge in [0.05, 0.1) is 10.2 Å². The lowest BCUT2D eigenvalue weighted by Crippen LogP contribution is -1.77. The lowest BCUT2D eigenvalue weighted by molar-refractivity contribution is 1.43. The van der Waals surface area contributed by atoms with E-state index in [9.17, 15) is 0 Å². The molecule has 0 N–H and O–H groups in total. The summed E-state index contributed by atoms with van der Waals surface area (Å²) in [6, 6.07) is 16.7. The summed E-state index contributed by atoms with van der Waals surface area (Å²) < 4.78 is 1.25. The van der Waals surface area contributed by atoms with Gasteiger partial charge in [-0.15, -0.1) is 11.3 Å². The average Bonchev–Trinajstić information content (AvgIpc) is 2.72. The van der Waals surface area contributed by atoms with E-state index < -0.39 is 0 Å². The minimum absolute atomic E-state index is 1.09. The van der Waals surface area contributed by atoms with Crippen LogP contribution in [0.5, 0.6) is 0 Å². The zero-order chi connectivity index (χ0) is 11.0. The number of thiazole rings is 1. The lowest BCUT2D eigenvalue weighted by atomic mass is 10.1. The van der Waals surface area contributed by atoms with Crippen molar-refractivity contribution in [3.8, 4) is 10.6 Å². The highest BCUT2D eigenvalue weighted by molar-refractivity contribution is 7.21. The Morgan fingerprint density at radius 3 is 2.69 bits per heavy atom. The molecular weight excluding hydrogens is 214 g/mol. The van der Waals surface area contributed by atoms with E-state index in [-0.39, 0.29) is 0 Å². The molecule has 16 heavy (non-hydrogen) atoms. The maximum atomic E-state index is 4.64. The summed E-state index contributed by atoms with van der Waals surface area (Å²) in [7, 11) is 0. The van der Waals surface area contributed by atoms with Gasteiger partial charge in [-0.05, 0) is 25.1 Å². The topological polar surface area (TPSA) is 12.9 Å². The van der Waals surface area contributed by atoms with Gasteiger partial charge >= 0.3 is 0 Å². The summed E-state index contributed by atoms with van der Waals surface area (Å²) in [6.07, 6.45) is 0. The van der Waals surface area contributed by atoms with Crippen LogP contribution in [0.1, 0.15) is 5.56 Å². The van der Waals surface area contributed by atoms with Gasteiger partial charge in [0.25, 0.3) is 0 Å². The Labute approximate surface area is 98.4 Å². The molecule has 0 fully saturated rings. The summed E-state index contributed by atoms with van der Waals surface area (Å²) >= 11 is 1.75. The van der Waals surface area contributed by atoms with Gasteiger partial charge in [-0.1, -0.05) is 35.9 Å². The second-order valence-electron chi connectivity index (χ2n) is 3.86. The Balaban J connectivity index is 2.19. The van der Waals surface area contributed by atoms with Crippen molar-refractivity contribution in [1.29, 1.82) is 0 Å². The summed E-state index contributed by atoms with van der Waals surface area (Å²) in [6.45, 7) is 2.11. The molecule has 0 bridgehead atoms. The molecule has 0 aliphatic carbocycles. The van der Waals surface area contributed by atoms with Crippen LogP contribution in [0, 0.1) is 6.92 Å². The summed E-state index contributed by atoms with van der Waals surface area (Å²) in [5.74, 6) is 0. The van der Waals surface area contributed by atoms with E-state index in [4.69, 9.17) is 0 Å². The maximum Gasteiger partial charge on any atom is 0.124 e. The number of aromatic nitrogens is 1. The van der Waals surface area contributed by atoms with E-state index in [1.165, 1.54) is 15.8 Å².